The largest absolute Gasteiger partial charge is 0.379 e. The number of likely N-dealkylation sites (N-methyl/N-ethyl adjacent to an activating group) is 1. The lowest BCUT2D eigenvalue weighted by Crippen LogP contribution is -2.55. The zero-order chi connectivity index (χ0) is 13.0. The molecule has 3 atom stereocenters. The number of morpholine rings is 1. The van der Waals surface area contributed by atoms with Crippen molar-refractivity contribution in [3.63, 3.8) is 0 Å². The summed E-state index contributed by atoms with van der Waals surface area (Å²) in [4.78, 5) is 5.22. The van der Waals surface area contributed by atoms with E-state index in [9.17, 15) is 0 Å². The third-order valence-corrected chi connectivity index (χ3v) is 4.45. The molecular weight excluding hydrogens is 226 g/mol. The first kappa shape index (κ1) is 14.3. The molecule has 4 nitrogen and oxygen atoms in total. The Hall–Kier alpha value is -0.160. The Kier molecular flexibility index (Phi) is 5.42. The Labute approximate surface area is 112 Å². The molecule has 2 aliphatic rings. The van der Waals surface area contributed by atoms with Crippen LogP contribution in [-0.4, -0.2) is 73.9 Å². The van der Waals surface area contributed by atoms with E-state index in [1.54, 1.807) is 0 Å². The highest BCUT2D eigenvalue weighted by atomic mass is 16.5. The number of hydrogen-bond acceptors (Lipinski definition) is 4. The SMILES string of the molecule is CCN1CCN(C(C)CC2COCCN2)CC1C. The van der Waals surface area contributed by atoms with Crippen LogP contribution in [0.1, 0.15) is 27.2 Å². The van der Waals surface area contributed by atoms with Crippen molar-refractivity contribution in [3.05, 3.63) is 0 Å². The van der Waals surface area contributed by atoms with Gasteiger partial charge in [-0.15, -0.1) is 0 Å². The molecule has 0 aromatic heterocycles. The molecule has 1 N–H and O–H groups in total. The van der Waals surface area contributed by atoms with E-state index < -0.39 is 0 Å². The van der Waals surface area contributed by atoms with Crippen molar-refractivity contribution < 1.29 is 4.74 Å². The average molecular weight is 255 g/mol. The zero-order valence-electron chi connectivity index (χ0n) is 12.2. The molecule has 2 rings (SSSR count). The van der Waals surface area contributed by atoms with Gasteiger partial charge in [-0.1, -0.05) is 6.92 Å². The molecule has 106 valence electrons. The second kappa shape index (κ2) is 6.85. The standard InChI is InChI=1S/C14H29N3O/c1-4-16-6-7-17(10-13(16)3)12(2)9-14-11-18-8-5-15-14/h12-15H,4-11H2,1-3H3. The van der Waals surface area contributed by atoms with Gasteiger partial charge in [0.1, 0.15) is 0 Å². The molecule has 2 saturated heterocycles. The van der Waals surface area contributed by atoms with E-state index in [1.807, 2.05) is 0 Å². The van der Waals surface area contributed by atoms with E-state index in [0.29, 0.717) is 18.1 Å². The number of piperazine rings is 1. The highest BCUT2D eigenvalue weighted by molar-refractivity contribution is 4.84. The van der Waals surface area contributed by atoms with Gasteiger partial charge in [0.25, 0.3) is 0 Å². The summed E-state index contributed by atoms with van der Waals surface area (Å²) >= 11 is 0. The molecule has 0 aromatic rings. The summed E-state index contributed by atoms with van der Waals surface area (Å²) < 4.78 is 5.54. The molecule has 18 heavy (non-hydrogen) atoms. The fourth-order valence-electron chi connectivity index (χ4n) is 3.23. The van der Waals surface area contributed by atoms with Crippen molar-refractivity contribution in [2.45, 2.75) is 45.3 Å². The van der Waals surface area contributed by atoms with E-state index in [0.717, 1.165) is 19.8 Å². The first-order valence-corrected chi connectivity index (χ1v) is 7.50. The lowest BCUT2D eigenvalue weighted by Gasteiger charge is -2.43. The molecule has 0 radical (unpaired) electrons. The maximum absolute atomic E-state index is 5.54. The van der Waals surface area contributed by atoms with Gasteiger partial charge in [-0.25, -0.2) is 0 Å². The summed E-state index contributed by atoms with van der Waals surface area (Å²) in [6.45, 7) is 14.6. The predicted octanol–water partition coefficient (Wildman–Crippen LogP) is 0.779. The summed E-state index contributed by atoms with van der Waals surface area (Å²) in [5, 5.41) is 3.56. The van der Waals surface area contributed by atoms with Gasteiger partial charge in [-0.2, -0.15) is 0 Å². The van der Waals surface area contributed by atoms with E-state index in [-0.39, 0.29) is 0 Å². The fraction of sp³-hybridized carbons (Fsp3) is 1.00. The molecule has 3 unspecified atom stereocenters. The molecule has 2 heterocycles. The van der Waals surface area contributed by atoms with Crippen LogP contribution in [0.2, 0.25) is 0 Å². The second-order valence-corrected chi connectivity index (χ2v) is 5.78. The van der Waals surface area contributed by atoms with Crippen LogP contribution < -0.4 is 5.32 Å². The first-order chi connectivity index (χ1) is 8.70. The molecule has 0 amide bonds. The monoisotopic (exact) mass is 255 g/mol. The second-order valence-electron chi connectivity index (χ2n) is 5.78. The number of nitrogens with zero attached hydrogens (tertiary/aromatic N) is 2. The van der Waals surface area contributed by atoms with E-state index >= 15 is 0 Å². The summed E-state index contributed by atoms with van der Waals surface area (Å²) in [5.74, 6) is 0. The Balaban J connectivity index is 1.76. The molecule has 0 aromatic carbocycles. The molecule has 0 bridgehead atoms. The molecule has 2 aliphatic heterocycles. The van der Waals surface area contributed by atoms with Crippen molar-refractivity contribution in [2.75, 3.05) is 45.9 Å². The molecular formula is C14H29N3O. The van der Waals surface area contributed by atoms with Gasteiger partial charge >= 0.3 is 0 Å². The van der Waals surface area contributed by atoms with Gasteiger partial charge in [-0.3, -0.25) is 9.80 Å². The Morgan fingerprint density at radius 3 is 2.83 bits per heavy atom. The van der Waals surface area contributed by atoms with Gasteiger partial charge in [0.15, 0.2) is 0 Å². The summed E-state index contributed by atoms with van der Waals surface area (Å²) in [7, 11) is 0. The maximum Gasteiger partial charge on any atom is 0.0620 e. The maximum atomic E-state index is 5.54. The van der Waals surface area contributed by atoms with Gasteiger partial charge in [0.05, 0.1) is 13.2 Å². The summed E-state index contributed by atoms with van der Waals surface area (Å²) in [6.07, 6.45) is 1.21. The number of hydrogen-bond donors (Lipinski definition) is 1. The Bertz CT molecular complexity index is 243. The number of ether oxygens (including phenoxy) is 1. The number of nitrogens with one attached hydrogen (secondary N) is 1. The van der Waals surface area contributed by atoms with Gasteiger partial charge in [-0.05, 0) is 26.8 Å². The van der Waals surface area contributed by atoms with Crippen LogP contribution in [0.25, 0.3) is 0 Å². The normalized spacial score (nSPS) is 33.5. The summed E-state index contributed by atoms with van der Waals surface area (Å²) in [6, 6.07) is 1.90. The van der Waals surface area contributed by atoms with Crippen molar-refractivity contribution in [1.82, 2.24) is 15.1 Å². The molecule has 2 fully saturated rings. The highest BCUT2D eigenvalue weighted by Crippen LogP contribution is 2.15. The van der Waals surface area contributed by atoms with Gasteiger partial charge in [0, 0.05) is 44.3 Å². The third kappa shape index (κ3) is 3.67. The topological polar surface area (TPSA) is 27.7 Å². The lowest BCUT2D eigenvalue weighted by atomic mass is 10.0. The van der Waals surface area contributed by atoms with Crippen LogP contribution in [0.15, 0.2) is 0 Å². The molecule has 0 aliphatic carbocycles. The fourth-order valence-corrected chi connectivity index (χ4v) is 3.23. The van der Waals surface area contributed by atoms with Crippen LogP contribution in [0.4, 0.5) is 0 Å². The number of rotatable bonds is 4. The molecule has 0 saturated carbocycles. The predicted molar refractivity (Wildman–Crippen MR) is 75.0 cm³/mol. The Morgan fingerprint density at radius 2 is 2.22 bits per heavy atom. The van der Waals surface area contributed by atoms with Crippen LogP contribution in [-0.2, 0) is 4.74 Å². The van der Waals surface area contributed by atoms with Crippen molar-refractivity contribution in [3.8, 4) is 0 Å². The molecule has 0 spiro atoms. The minimum atomic E-state index is 0.549. The smallest absolute Gasteiger partial charge is 0.0620 e. The van der Waals surface area contributed by atoms with Crippen LogP contribution in [0.3, 0.4) is 0 Å². The van der Waals surface area contributed by atoms with E-state index in [1.165, 1.54) is 32.6 Å². The first-order valence-electron chi connectivity index (χ1n) is 7.50. The average Bonchev–Trinajstić information content (AvgIpc) is 2.39. The lowest BCUT2D eigenvalue weighted by molar-refractivity contribution is 0.0369. The Morgan fingerprint density at radius 1 is 1.39 bits per heavy atom. The van der Waals surface area contributed by atoms with Crippen LogP contribution >= 0.6 is 0 Å². The quantitative estimate of drug-likeness (QED) is 0.803. The van der Waals surface area contributed by atoms with E-state index in [4.69, 9.17) is 4.74 Å². The van der Waals surface area contributed by atoms with Gasteiger partial charge in [0.2, 0.25) is 0 Å². The van der Waals surface area contributed by atoms with Crippen LogP contribution in [0.5, 0.6) is 0 Å². The highest BCUT2D eigenvalue weighted by Gasteiger charge is 2.27. The zero-order valence-corrected chi connectivity index (χ0v) is 12.2. The third-order valence-electron chi connectivity index (χ3n) is 4.45. The van der Waals surface area contributed by atoms with Crippen molar-refractivity contribution >= 4 is 0 Å². The molecule has 4 heteroatoms. The van der Waals surface area contributed by atoms with Crippen LogP contribution in [0, 0.1) is 0 Å². The van der Waals surface area contributed by atoms with Crippen molar-refractivity contribution in [1.29, 1.82) is 0 Å². The van der Waals surface area contributed by atoms with Gasteiger partial charge < -0.3 is 10.1 Å². The van der Waals surface area contributed by atoms with Crippen molar-refractivity contribution in [2.24, 2.45) is 0 Å². The van der Waals surface area contributed by atoms with E-state index in [2.05, 4.69) is 35.9 Å². The minimum absolute atomic E-state index is 0.549. The summed E-state index contributed by atoms with van der Waals surface area (Å²) in [5.41, 5.74) is 0. The minimum Gasteiger partial charge on any atom is -0.379 e.